The van der Waals surface area contributed by atoms with E-state index in [2.05, 4.69) is 27.9 Å². The molecule has 168 valence electrons. The molecule has 2 heterocycles. The highest BCUT2D eigenvalue weighted by Crippen LogP contribution is 2.35. The van der Waals surface area contributed by atoms with Crippen LogP contribution in [0.15, 0.2) is 76.6 Å². The molecule has 5 rings (SSSR count). The zero-order chi connectivity index (χ0) is 22.6. The maximum absolute atomic E-state index is 14.1. The van der Waals surface area contributed by atoms with Gasteiger partial charge in [0.15, 0.2) is 0 Å². The summed E-state index contributed by atoms with van der Waals surface area (Å²) in [6.45, 7) is 2.38. The van der Waals surface area contributed by atoms with Gasteiger partial charge in [0.25, 0.3) is 5.91 Å². The molecule has 1 amide bonds. The Morgan fingerprint density at radius 1 is 0.939 bits per heavy atom. The summed E-state index contributed by atoms with van der Waals surface area (Å²) in [5, 5.41) is 0. The third-order valence-corrected chi connectivity index (χ3v) is 6.90. The number of hydrogen-bond donors (Lipinski definition) is 1. The summed E-state index contributed by atoms with van der Waals surface area (Å²) in [6, 6.07) is 20.6. The molecule has 0 radical (unpaired) electrons. The van der Waals surface area contributed by atoms with Crippen LogP contribution in [0.1, 0.15) is 22.3 Å². The van der Waals surface area contributed by atoms with Crippen molar-refractivity contribution in [1.29, 1.82) is 0 Å². The van der Waals surface area contributed by atoms with Gasteiger partial charge in [0.2, 0.25) is 0 Å². The zero-order valence-electron chi connectivity index (χ0n) is 18.2. The Balaban J connectivity index is 1.18. The lowest BCUT2D eigenvalue weighted by molar-refractivity contribution is 0.0746. The highest BCUT2D eigenvalue weighted by molar-refractivity contribution is 8.00. The van der Waals surface area contributed by atoms with E-state index in [1.807, 2.05) is 46.3 Å². The number of benzene rings is 3. The summed E-state index contributed by atoms with van der Waals surface area (Å²) in [7, 11) is 0. The van der Waals surface area contributed by atoms with Gasteiger partial charge in [-0.2, -0.15) is 0 Å². The second-order valence-corrected chi connectivity index (χ2v) is 8.97. The zero-order valence-corrected chi connectivity index (χ0v) is 19.0. The van der Waals surface area contributed by atoms with Crippen molar-refractivity contribution in [3.05, 3.63) is 83.7 Å². The first kappa shape index (κ1) is 21.5. The number of hydrogen-bond acceptors (Lipinski definition) is 5. The molecule has 0 bridgehead atoms. The molecular formula is C26H25FN4OS. The third-order valence-electron chi connectivity index (χ3n) is 6.02. The van der Waals surface area contributed by atoms with E-state index in [0.717, 1.165) is 29.1 Å². The van der Waals surface area contributed by atoms with Crippen LogP contribution >= 0.6 is 11.9 Å². The maximum atomic E-state index is 14.1. The standard InChI is InChI=1S/C26H25FN4OS/c27-22-7-1-2-8-23(22)30-15-17-31(18-16-30)26(32)20-10-12-21(13-11-20)29-33-24-9-3-5-19-6-4-14-28-25(19)24/h1-3,5,7-14,29H,4,6,15-18H2. The summed E-state index contributed by atoms with van der Waals surface area (Å²) < 4.78 is 17.4. The Labute approximate surface area is 197 Å². The van der Waals surface area contributed by atoms with Gasteiger partial charge in [-0.25, -0.2) is 4.39 Å². The third kappa shape index (κ3) is 4.73. The van der Waals surface area contributed by atoms with E-state index in [0.29, 0.717) is 37.4 Å². The fraction of sp³-hybridized carbons (Fsp3) is 0.231. The Kier molecular flexibility index (Phi) is 6.30. The molecule has 3 aromatic carbocycles. The number of para-hydroxylation sites is 2. The topological polar surface area (TPSA) is 47.9 Å². The van der Waals surface area contributed by atoms with E-state index in [1.54, 1.807) is 12.1 Å². The van der Waals surface area contributed by atoms with Crippen LogP contribution in [0.3, 0.4) is 0 Å². The smallest absolute Gasteiger partial charge is 0.253 e. The normalized spacial score (nSPS) is 15.3. The van der Waals surface area contributed by atoms with E-state index < -0.39 is 0 Å². The van der Waals surface area contributed by atoms with Gasteiger partial charge in [-0.1, -0.05) is 24.3 Å². The van der Waals surface area contributed by atoms with Crippen LogP contribution < -0.4 is 9.62 Å². The lowest BCUT2D eigenvalue weighted by Gasteiger charge is -2.36. The predicted molar refractivity (Wildman–Crippen MR) is 133 cm³/mol. The molecule has 33 heavy (non-hydrogen) atoms. The van der Waals surface area contributed by atoms with Crippen LogP contribution in [-0.2, 0) is 6.42 Å². The van der Waals surface area contributed by atoms with E-state index >= 15 is 0 Å². The maximum Gasteiger partial charge on any atom is 0.253 e. The molecule has 5 nitrogen and oxygen atoms in total. The Bertz CT molecular complexity index is 1170. The SMILES string of the molecule is O=C(c1ccc(NSc2cccc3c2N=CCC3)cc1)N1CCN(c2ccccc2F)CC1. The summed E-state index contributed by atoms with van der Waals surface area (Å²) in [4.78, 5) is 22.4. The first-order valence-corrected chi connectivity index (χ1v) is 12.0. The summed E-state index contributed by atoms with van der Waals surface area (Å²) in [5.41, 5.74) is 4.51. The number of halogens is 1. The van der Waals surface area contributed by atoms with E-state index in [9.17, 15) is 9.18 Å². The van der Waals surface area contributed by atoms with Gasteiger partial charge in [-0.05, 0) is 72.8 Å². The van der Waals surface area contributed by atoms with Gasteiger partial charge in [-0.3, -0.25) is 9.79 Å². The average molecular weight is 461 g/mol. The molecule has 0 spiro atoms. The molecule has 7 heteroatoms. The highest BCUT2D eigenvalue weighted by atomic mass is 32.2. The monoisotopic (exact) mass is 460 g/mol. The number of amides is 1. The van der Waals surface area contributed by atoms with Gasteiger partial charge < -0.3 is 14.5 Å². The van der Waals surface area contributed by atoms with E-state index in [-0.39, 0.29) is 11.7 Å². The van der Waals surface area contributed by atoms with Crippen LogP contribution in [-0.4, -0.2) is 43.2 Å². The van der Waals surface area contributed by atoms with E-state index in [4.69, 9.17) is 0 Å². The lowest BCUT2D eigenvalue weighted by atomic mass is 10.1. The quantitative estimate of drug-likeness (QED) is 0.507. The van der Waals surface area contributed by atoms with Crippen molar-refractivity contribution in [2.24, 2.45) is 4.99 Å². The summed E-state index contributed by atoms with van der Waals surface area (Å²) in [6.07, 6.45) is 3.99. The molecule has 0 aromatic heterocycles. The first-order chi connectivity index (χ1) is 16.2. The minimum atomic E-state index is -0.221. The fourth-order valence-electron chi connectivity index (χ4n) is 4.21. The predicted octanol–water partition coefficient (Wildman–Crippen LogP) is 5.56. The van der Waals surface area contributed by atoms with Crippen molar-refractivity contribution in [1.82, 2.24) is 4.90 Å². The Morgan fingerprint density at radius 3 is 2.52 bits per heavy atom. The summed E-state index contributed by atoms with van der Waals surface area (Å²) >= 11 is 1.53. The molecule has 3 aromatic rings. The van der Waals surface area contributed by atoms with Gasteiger partial charge in [0.1, 0.15) is 5.82 Å². The number of fused-ring (bicyclic) bond motifs is 1. The van der Waals surface area contributed by atoms with E-state index in [1.165, 1.54) is 23.6 Å². The van der Waals surface area contributed by atoms with Crippen LogP contribution in [0.2, 0.25) is 0 Å². The molecule has 1 N–H and O–H groups in total. The van der Waals surface area contributed by atoms with Crippen LogP contribution in [0.5, 0.6) is 0 Å². The minimum absolute atomic E-state index is 0.00820. The number of carbonyl (C=O) groups excluding carboxylic acids is 1. The van der Waals surface area contributed by atoms with Crippen molar-refractivity contribution in [3.8, 4) is 0 Å². The number of aliphatic imine (C=N–C) groups is 1. The highest BCUT2D eigenvalue weighted by Gasteiger charge is 2.23. The van der Waals surface area contributed by atoms with Gasteiger partial charge >= 0.3 is 0 Å². The Hall–Kier alpha value is -3.32. The molecule has 2 aliphatic rings. The molecule has 0 unspecified atom stereocenters. The van der Waals surface area contributed by atoms with Crippen LogP contribution in [0.25, 0.3) is 0 Å². The summed E-state index contributed by atoms with van der Waals surface area (Å²) in [5.74, 6) is -0.213. The minimum Gasteiger partial charge on any atom is -0.366 e. The number of rotatable bonds is 5. The number of aryl methyl sites for hydroxylation is 1. The second kappa shape index (κ2) is 9.67. The fourth-order valence-corrected chi connectivity index (χ4v) is 5.00. The number of anilines is 2. The number of piperazine rings is 1. The van der Waals surface area contributed by atoms with Crippen LogP contribution in [0.4, 0.5) is 21.5 Å². The van der Waals surface area contributed by atoms with Gasteiger partial charge in [-0.15, -0.1) is 0 Å². The molecule has 2 aliphatic heterocycles. The molecular weight excluding hydrogens is 435 g/mol. The van der Waals surface area contributed by atoms with Crippen LogP contribution in [0, 0.1) is 5.82 Å². The van der Waals surface area contributed by atoms with Crippen molar-refractivity contribution in [2.75, 3.05) is 35.8 Å². The lowest BCUT2D eigenvalue weighted by Crippen LogP contribution is -2.49. The molecule has 1 fully saturated rings. The Morgan fingerprint density at radius 2 is 1.73 bits per heavy atom. The van der Waals surface area contributed by atoms with Crippen molar-refractivity contribution in [2.45, 2.75) is 17.7 Å². The number of nitrogens with one attached hydrogen (secondary N) is 1. The molecule has 0 aliphatic carbocycles. The van der Waals surface area contributed by atoms with Crippen molar-refractivity contribution >= 4 is 41.1 Å². The number of nitrogens with zero attached hydrogens (tertiary/aromatic N) is 3. The van der Waals surface area contributed by atoms with Gasteiger partial charge in [0, 0.05) is 43.6 Å². The van der Waals surface area contributed by atoms with Crippen molar-refractivity contribution < 1.29 is 9.18 Å². The first-order valence-electron chi connectivity index (χ1n) is 11.1. The van der Waals surface area contributed by atoms with Gasteiger partial charge in [0.05, 0.1) is 16.3 Å². The average Bonchev–Trinajstić information content (AvgIpc) is 2.88. The molecule has 1 saturated heterocycles. The largest absolute Gasteiger partial charge is 0.366 e. The molecule has 0 atom stereocenters. The van der Waals surface area contributed by atoms with Crippen molar-refractivity contribution in [3.63, 3.8) is 0 Å². The molecule has 0 saturated carbocycles. The number of carbonyl (C=O) groups is 1. The second-order valence-electron chi connectivity index (χ2n) is 8.13.